The smallest absolute Gasteiger partial charge is 0.207 e. The summed E-state index contributed by atoms with van der Waals surface area (Å²) < 4.78 is 28.7. The van der Waals surface area contributed by atoms with Gasteiger partial charge in [0.1, 0.15) is 0 Å². The first kappa shape index (κ1) is 19.4. The second kappa shape index (κ2) is 7.55. The van der Waals surface area contributed by atoms with Crippen LogP contribution in [0.15, 0.2) is 33.6 Å². The molecular weight excluding hydrogens is 388 g/mol. The molecule has 2 atom stereocenters. The minimum atomic E-state index is -3.60. The number of halogens is 1. The lowest BCUT2D eigenvalue weighted by atomic mass is 9.70. The van der Waals surface area contributed by atoms with Crippen LogP contribution >= 0.6 is 15.9 Å². The molecule has 1 aliphatic carbocycles. The van der Waals surface area contributed by atoms with Crippen molar-refractivity contribution in [3.05, 3.63) is 28.7 Å². The maximum atomic E-state index is 13.2. The third kappa shape index (κ3) is 4.59. The van der Waals surface area contributed by atoms with E-state index in [1.165, 1.54) is 0 Å². The summed E-state index contributed by atoms with van der Waals surface area (Å²) in [6.07, 6.45) is 3.00. The molecule has 1 aliphatic rings. The Morgan fingerprint density at radius 3 is 2.46 bits per heavy atom. The molecule has 0 aromatic heterocycles. The van der Waals surface area contributed by atoms with E-state index in [0.717, 1.165) is 23.7 Å². The van der Waals surface area contributed by atoms with Crippen molar-refractivity contribution in [1.82, 2.24) is 4.31 Å². The fraction of sp³-hybridized carbons (Fsp3) is 0.611. The van der Waals surface area contributed by atoms with E-state index in [1.807, 2.05) is 0 Å². The molecule has 132 valence electrons. The lowest BCUT2D eigenvalue weighted by Gasteiger charge is -2.43. The van der Waals surface area contributed by atoms with Gasteiger partial charge in [-0.2, -0.15) is 9.57 Å². The topological polar surface area (TPSA) is 61.2 Å². The van der Waals surface area contributed by atoms with Gasteiger partial charge >= 0.3 is 0 Å². The van der Waals surface area contributed by atoms with E-state index < -0.39 is 10.0 Å². The monoisotopic (exact) mass is 412 g/mol. The molecule has 6 heteroatoms. The van der Waals surface area contributed by atoms with Crippen molar-refractivity contribution >= 4 is 26.0 Å². The van der Waals surface area contributed by atoms with Gasteiger partial charge in [0.15, 0.2) is 0 Å². The maximum Gasteiger partial charge on any atom is 0.243 e. The van der Waals surface area contributed by atoms with E-state index in [4.69, 9.17) is 5.26 Å². The summed E-state index contributed by atoms with van der Waals surface area (Å²) in [5.74, 6) is 0.475. The number of rotatable bonds is 5. The number of hydrogen-bond acceptors (Lipinski definition) is 3. The molecule has 24 heavy (non-hydrogen) atoms. The highest BCUT2D eigenvalue weighted by Crippen LogP contribution is 2.41. The van der Waals surface area contributed by atoms with Crippen LogP contribution in [0.1, 0.15) is 46.5 Å². The predicted molar refractivity (Wildman–Crippen MR) is 98.8 cm³/mol. The van der Waals surface area contributed by atoms with E-state index in [2.05, 4.69) is 42.8 Å². The number of benzene rings is 1. The second-order valence-electron chi connectivity index (χ2n) is 7.54. The zero-order valence-corrected chi connectivity index (χ0v) is 16.9. The average molecular weight is 413 g/mol. The van der Waals surface area contributed by atoms with Crippen molar-refractivity contribution in [2.45, 2.75) is 57.4 Å². The first-order chi connectivity index (χ1) is 11.2. The van der Waals surface area contributed by atoms with Gasteiger partial charge in [0, 0.05) is 23.5 Å². The van der Waals surface area contributed by atoms with Crippen LogP contribution in [-0.2, 0) is 10.0 Å². The van der Waals surface area contributed by atoms with Crippen molar-refractivity contribution in [1.29, 1.82) is 5.26 Å². The lowest BCUT2D eigenvalue weighted by molar-refractivity contribution is 0.112. The van der Waals surface area contributed by atoms with Gasteiger partial charge in [-0.15, -0.1) is 0 Å². The normalized spacial score (nSPS) is 23.8. The third-order valence-corrected chi connectivity index (χ3v) is 7.13. The van der Waals surface area contributed by atoms with E-state index in [9.17, 15) is 8.42 Å². The number of sulfonamides is 1. The van der Waals surface area contributed by atoms with E-state index in [1.54, 1.807) is 28.6 Å². The SMILES string of the molecule is C[C@@H]1C[C@H](N(CCC#N)S(=O)(=O)c2ccc(Br)cc2)CC(C)(C)C1. The Balaban J connectivity index is 2.37. The van der Waals surface area contributed by atoms with Crippen LogP contribution in [0, 0.1) is 22.7 Å². The zero-order valence-electron chi connectivity index (χ0n) is 14.5. The highest BCUT2D eigenvalue weighted by molar-refractivity contribution is 9.10. The number of nitriles is 1. The van der Waals surface area contributed by atoms with Gasteiger partial charge in [0.2, 0.25) is 10.0 Å². The molecule has 0 saturated heterocycles. The molecule has 1 saturated carbocycles. The maximum absolute atomic E-state index is 13.2. The minimum absolute atomic E-state index is 0.0502. The molecule has 0 N–H and O–H groups in total. The molecule has 0 amide bonds. The van der Waals surface area contributed by atoms with Crippen LogP contribution in [0.4, 0.5) is 0 Å². The van der Waals surface area contributed by atoms with E-state index in [-0.39, 0.29) is 24.4 Å². The van der Waals surface area contributed by atoms with Gasteiger partial charge in [-0.3, -0.25) is 0 Å². The van der Waals surface area contributed by atoms with Crippen LogP contribution in [0.5, 0.6) is 0 Å². The summed E-state index contributed by atoms with van der Waals surface area (Å²) in [6.45, 7) is 6.83. The summed E-state index contributed by atoms with van der Waals surface area (Å²) in [7, 11) is -3.60. The molecule has 2 rings (SSSR count). The summed E-state index contributed by atoms with van der Waals surface area (Å²) >= 11 is 3.34. The van der Waals surface area contributed by atoms with Crippen LogP contribution in [0.25, 0.3) is 0 Å². The van der Waals surface area contributed by atoms with Crippen LogP contribution in [0.2, 0.25) is 0 Å². The quantitative estimate of drug-likeness (QED) is 0.711. The fourth-order valence-corrected chi connectivity index (χ4v) is 5.82. The Labute approximate surface area is 154 Å². The largest absolute Gasteiger partial charge is 0.243 e. The summed E-state index contributed by atoms with van der Waals surface area (Å²) in [6, 6.07) is 8.76. The molecule has 0 bridgehead atoms. The molecule has 4 nitrogen and oxygen atoms in total. The highest BCUT2D eigenvalue weighted by Gasteiger charge is 2.39. The van der Waals surface area contributed by atoms with Gasteiger partial charge in [-0.25, -0.2) is 8.42 Å². The molecule has 0 radical (unpaired) electrons. The standard InChI is InChI=1S/C18H25BrN2O2S/c1-14-11-16(13-18(2,3)12-14)21(10-4-9-20)24(22,23)17-7-5-15(19)6-8-17/h5-8,14,16H,4,10-13H2,1-3H3/t14-,16+/m1/s1. The highest BCUT2D eigenvalue weighted by atomic mass is 79.9. The van der Waals surface area contributed by atoms with Crippen molar-refractivity contribution in [3.63, 3.8) is 0 Å². The number of nitrogens with zero attached hydrogens (tertiary/aromatic N) is 2. The Kier molecular flexibility index (Phi) is 6.11. The lowest BCUT2D eigenvalue weighted by Crippen LogP contribution is -2.46. The van der Waals surface area contributed by atoms with Gasteiger partial charge in [0.25, 0.3) is 0 Å². The van der Waals surface area contributed by atoms with Crippen LogP contribution < -0.4 is 0 Å². The van der Waals surface area contributed by atoms with E-state index in [0.29, 0.717) is 10.8 Å². The Morgan fingerprint density at radius 1 is 1.29 bits per heavy atom. The van der Waals surface area contributed by atoms with Crippen LogP contribution in [0.3, 0.4) is 0 Å². The molecule has 0 aliphatic heterocycles. The summed E-state index contributed by atoms with van der Waals surface area (Å²) in [5.41, 5.74) is 0.114. The van der Waals surface area contributed by atoms with Crippen molar-refractivity contribution < 1.29 is 8.42 Å². The molecule has 0 heterocycles. The average Bonchev–Trinajstić information content (AvgIpc) is 2.45. The molecule has 1 aromatic carbocycles. The number of hydrogen-bond donors (Lipinski definition) is 0. The van der Waals surface area contributed by atoms with Crippen molar-refractivity contribution in [3.8, 4) is 6.07 Å². The first-order valence-corrected chi connectivity index (χ1v) is 10.5. The molecule has 0 spiro atoms. The molecule has 0 unspecified atom stereocenters. The predicted octanol–water partition coefficient (Wildman–Crippen LogP) is 4.57. The fourth-order valence-electron chi connectivity index (χ4n) is 3.92. The summed E-state index contributed by atoms with van der Waals surface area (Å²) in [5, 5.41) is 8.96. The van der Waals surface area contributed by atoms with E-state index >= 15 is 0 Å². The van der Waals surface area contributed by atoms with Gasteiger partial charge in [-0.05, 0) is 54.9 Å². The van der Waals surface area contributed by atoms with Gasteiger partial charge in [0.05, 0.1) is 11.0 Å². The molecule has 1 aromatic rings. The third-order valence-electron chi connectivity index (χ3n) is 4.64. The first-order valence-electron chi connectivity index (χ1n) is 8.30. The zero-order chi connectivity index (χ0) is 18.0. The Hall–Kier alpha value is -0.900. The summed E-state index contributed by atoms with van der Waals surface area (Å²) in [4.78, 5) is 0.291. The molecule has 1 fully saturated rings. The Bertz CT molecular complexity index is 708. The van der Waals surface area contributed by atoms with Crippen LogP contribution in [-0.4, -0.2) is 25.3 Å². The Morgan fingerprint density at radius 2 is 1.92 bits per heavy atom. The van der Waals surface area contributed by atoms with Crippen molar-refractivity contribution in [2.75, 3.05) is 6.54 Å². The molecular formula is C18H25BrN2O2S. The second-order valence-corrected chi connectivity index (χ2v) is 10.4. The minimum Gasteiger partial charge on any atom is -0.207 e. The van der Waals surface area contributed by atoms with Gasteiger partial charge < -0.3 is 0 Å². The van der Waals surface area contributed by atoms with Crippen molar-refractivity contribution in [2.24, 2.45) is 11.3 Å². The van der Waals surface area contributed by atoms with Gasteiger partial charge in [-0.1, -0.05) is 36.7 Å².